The molecule has 1 N–H and O–H groups in total. The molecule has 3 unspecified atom stereocenters. The lowest BCUT2D eigenvalue weighted by Crippen LogP contribution is -2.39. The lowest BCUT2D eigenvalue weighted by Gasteiger charge is -2.33. The van der Waals surface area contributed by atoms with Crippen LogP contribution in [0.5, 0.6) is 0 Å². The Labute approximate surface area is 168 Å². The molecule has 4 heteroatoms. The maximum Gasteiger partial charge on any atom is 0.209 e. The molecule has 0 saturated heterocycles. The van der Waals surface area contributed by atoms with Gasteiger partial charge in [-0.25, -0.2) is 0 Å². The number of rotatable bonds is 18. The minimum absolute atomic E-state index is 0.0283. The summed E-state index contributed by atoms with van der Waals surface area (Å²) in [4.78, 5) is 5.30. The Morgan fingerprint density at radius 2 is 1.19 bits per heavy atom. The predicted octanol–water partition coefficient (Wildman–Crippen LogP) is 7.75. The van der Waals surface area contributed by atoms with Crippen molar-refractivity contribution < 1.29 is 9.94 Å². The summed E-state index contributed by atoms with van der Waals surface area (Å²) in [7, 11) is 0. The molecule has 0 aromatic carbocycles. The summed E-state index contributed by atoms with van der Waals surface area (Å²) in [5, 5.41) is 17.2. The van der Waals surface area contributed by atoms with Crippen molar-refractivity contribution in [2.45, 2.75) is 142 Å². The van der Waals surface area contributed by atoms with E-state index in [0.29, 0.717) is 0 Å². The van der Waals surface area contributed by atoms with E-state index >= 15 is 0 Å². The van der Waals surface area contributed by atoms with Gasteiger partial charge in [-0.3, -0.25) is 0 Å². The van der Waals surface area contributed by atoms with Crippen LogP contribution >= 0.6 is 0 Å². The maximum atomic E-state index is 9.90. The van der Waals surface area contributed by atoms with Gasteiger partial charge in [0.2, 0.25) is 6.23 Å². The van der Waals surface area contributed by atoms with Crippen LogP contribution in [0.1, 0.15) is 130 Å². The van der Waals surface area contributed by atoms with Gasteiger partial charge in [-0.05, 0) is 12.8 Å². The van der Waals surface area contributed by atoms with Gasteiger partial charge in [0.15, 0.2) is 6.10 Å². The van der Waals surface area contributed by atoms with Crippen molar-refractivity contribution in [3.8, 4) is 0 Å². The highest BCUT2D eigenvalue weighted by molar-refractivity contribution is 4.87. The molecule has 0 aromatic rings. The molecule has 0 radical (unpaired) electrons. The molecule has 1 aliphatic heterocycles. The lowest BCUT2D eigenvalue weighted by molar-refractivity contribution is -0.0683. The minimum atomic E-state index is -0.786. The highest BCUT2D eigenvalue weighted by Crippen LogP contribution is 2.38. The standard InChI is InChI=1S/C23H46N2O2/c1-4-6-7-8-9-10-11-12-13-14-15-16-17-18-19-20-23(3,5-2)21-22(26)24-25-27-21/h21-22,26H,4-20H2,1-3H3. The van der Waals surface area contributed by atoms with Crippen LogP contribution in [-0.2, 0) is 4.84 Å². The zero-order chi connectivity index (χ0) is 19.8. The van der Waals surface area contributed by atoms with Gasteiger partial charge in [-0.1, -0.05) is 117 Å². The summed E-state index contributed by atoms with van der Waals surface area (Å²) in [5.41, 5.74) is -0.0283. The Balaban J connectivity index is 1.88. The minimum Gasteiger partial charge on any atom is -0.371 e. The van der Waals surface area contributed by atoms with Gasteiger partial charge >= 0.3 is 0 Å². The zero-order valence-electron chi connectivity index (χ0n) is 18.4. The number of hydrogen-bond donors (Lipinski definition) is 1. The van der Waals surface area contributed by atoms with Crippen LogP contribution < -0.4 is 0 Å². The van der Waals surface area contributed by atoms with Crippen LogP contribution in [0.4, 0.5) is 0 Å². The predicted molar refractivity (Wildman–Crippen MR) is 114 cm³/mol. The number of nitrogens with zero attached hydrogens (tertiary/aromatic N) is 2. The summed E-state index contributed by atoms with van der Waals surface area (Å²) in [6.07, 6.45) is 21.8. The quantitative estimate of drug-likeness (QED) is 0.246. The third-order valence-corrected chi connectivity index (χ3v) is 6.44. The smallest absolute Gasteiger partial charge is 0.209 e. The second kappa shape index (κ2) is 15.3. The normalized spacial score (nSPS) is 21.3. The van der Waals surface area contributed by atoms with Crippen molar-refractivity contribution in [1.29, 1.82) is 0 Å². The van der Waals surface area contributed by atoms with E-state index in [1.807, 2.05) is 0 Å². The van der Waals surface area contributed by atoms with Crippen LogP contribution in [0.25, 0.3) is 0 Å². The monoisotopic (exact) mass is 382 g/mol. The number of hydrogen-bond acceptors (Lipinski definition) is 4. The first-order valence-corrected chi connectivity index (χ1v) is 11.9. The Kier molecular flexibility index (Phi) is 13.8. The molecule has 1 heterocycles. The Morgan fingerprint density at radius 1 is 0.741 bits per heavy atom. The molecule has 160 valence electrons. The molecule has 0 saturated carbocycles. The van der Waals surface area contributed by atoms with Gasteiger partial charge in [0.1, 0.15) is 0 Å². The molecule has 0 bridgehead atoms. The van der Waals surface area contributed by atoms with Gasteiger partial charge in [0, 0.05) is 10.7 Å². The Hall–Kier alpha value is -0.640. The topological polar surface area (TPSA) is 54.2 Å². The van der Waals surface area contributed by atoms with Crippen molar-refractivity contribution in [3.05, 3.63) is 0 Å². The molecule has 1 aliphatic rings. The molecule has 0 aromatic heterocycles. The van der Waals surface area contributed by atoms with Crippen molar-refractivity contribution in [2.24, 2.45) is 15.8 Å². The Morgan fingerprint density at radius 3 is 1.56 bits per heavy atom. The van der Waals surface area contributed by atoms with E-state index in [9.17, 15) is 5.11 Å². The van der Waals surface area contributed by atoms with Gasteiger partial charge in [0.05, 0.1) is 0 Å². The van der Waals surface area contributed by atoms with Crippen molar-refractivity contribution in [3.63, 3.8) is 0 Å². The molecular formula is C23H46N2O2. The molecule has 4 nitrogen and oxygen atoms in total. The number of unbranched alkanes of at least 4 members (excludes halogenated alkanes) is 14. The molecule has 0 aliphatic carbocycles. The second-order valence-corrected chi connectivity index (χ2v) is 8.84. The van der Waals surface area contributed by atoms with E-state index < -0.39 is 6.23 Å². The van der Waals surface area contributed by atoms with Crippen molar-refractivity contribution in [2.75, 3.05) is 0 Å². The van der Waals surface area contributed by atoms with E-state index in [-0.39, 0.29) is 11.5 Å². The first-order chi connectivity index (χ1) is 13.1. The fraction of sp³-hybridized carbons (Fsp3) is 1.00. The molecule has 27 heavy (non-hydrogen) atoms. The van der Waals surface area contributed by atoms with Crippen LogP contribution in [0.2, 0.25) is 0 Å². The fourth-order valence-corrected chi connectivity index (χ4v) is 4.15. The first kappa shape index (κ1) is 24.4. The summed E-state index contributed by atoms with van der Waals surface area (Å²) in [6.45, 7) is 6.65. The fourth-order valence-electron chi connectivity index (χ4n) is 4.15. The molecule has 0 spiro atoms. The van der Waals surface area contributed by atoms with Gasteiger partial charge in [-0.15, -0.1) is 5.11 Å². The maximum absolute atomic E-state index is 9.90. The SMILES string of the molecule is CCCCCCCCCCCCCCCCCC(C)(CC)C1ON=NC1O. The van der Waals surface area contributed by atoms with E-state index in [4.69, 9.17) is 4.84 Å². The Bertz CT molecular complexity index is 375. The van der Waals surface area contributed by atoms with Crippen LogP contribution in [0.15, 0.2) is 10.4 Å². The van der Waals surface area contributed by atoms with Crippen molar-refractivity contribution >= 4 is 0 Å². The van der Waals surface area contributed by atoms with E-state index in [2.05, 4.69) is 31.2 Å². The second-order valence-electron chi connectivity index (χ2n) is 8.84. The lowest BCUT2D eigenvalue weighted by atomic mass is 9.76. The number of aliphatic hydroxyl groups is 1. The summed E-state index contributed by atoms with van der Waals surface area (Å²) >= 11 is 0. The average molecular weight is 383 g/mol. The highest BCUT2D eigenvalue weighted by atomic mass is 16.7. The highest BCUT2D eigenvalue weighted by Gasteiger charge is 2.42. The van der Waals surface area contributed by atoms with Gasteiger partial charge < -0.3 is 9.94 Å². The average Bonchev–Trinajstić information content (AvgIpc) is 3.11. The third kappa shape index (κ3) is 10.5. The van der Waals surface area contributed by atoms with Crippen LogP contribution in [0.3, 0.4) is 0 Å². The zero-order valence-corrected chi connectivity index (χ0v) is 18.4. The molecular weight excluding hydrogens is 336 g/mol. The van der Waals surface area contributed by atoms with E-state index in [0.717, 1.165) is 12.8 Å². The van der Waals surface area contributed by atoms with Crippen molar-refractivity contribution in [1.82, 2.24) is 0 Å². The molecule has 0 amide bonds. The summed E-state index contributed by atoms with van der Waals surface area (Å²) in [5.74, 6) is 0. The largest absolute Gasteiger partial charge is 0.371 e. The van der Waals surface area contributed by atoms with E-state index in [1.54, 1.807) is 0 Å². The summed E-state index contributed by atoms with van der Waals surface area (Å²) < 4.78 is 0. The van der Waals surface area contributed by atoms with Gasteiger partial charge in [-0.2, -0.15) is 0 Å². The van der Waals surface area contributed by atoms with Crippen LogP contribution in [-0.4, -0.2) is 17.4 Å². The number of aliphatic hydroxyl groups excluding tert-OH is 1. The van der Waals surface area contributed by atoms with Gasteiger partial charge in [0.25, 0.3) is 0 Å². The third-order valence-electron chi connectivity index (χ3n) is 6.44. The first-order valence-electron chi connectivity index (χ1n) is 11.9. The molecule has 3 atom stereocenters. The van der Waals surface area contributed by atoms with Crippen LogP contribution in [0, 0.1) is 5.41 Å². The molecule has 1 rings (SSSR count). The summed E-state index contributed by atoms with van der Waals surface area (Å²) in [6, 6.07) is 0. The van der Waals surface area contributed by atoms with E-state index in [1.165, 1.54) is 96.3 Å². The molecule has 0 fully saturated rings.